The number of benzene rings is 1. The van der Waals surface area contributed by atoms with Crippen LogP contribution in [0.5, 0.6) is 0 Å². The van der Waals surface area contributed by atoms with Crippen LogP contribution in [0.15, 0.2) is 71.5 Å². The Morgan fingerprint density at radius 2 is 1.82 bits per heavy atom. The third kappa shape index (κ3) is 6.15. The molecule has 0 saturated carbocycles. The van der Waals surface area contributed by atoms with E-state index in [1.807, 2.05) is 49.9 Å². The lowest BCUT2D eigenvalue weighted by Crippen LogP contribution is -2.49. The van der Waals surface area contributed by atoms with Gasteiger partial charge in [0.05, 0.1) is 23.4 Å². The number of nitrogens with one attached hydrogen (secondary N) is 1. The molecule has 3 aliphatic heterocycles. The van der Waals surface area contributed by atoms with Gasteiger partial charge in [0, 0.05) is 51.2 Å². The van der Waals surface area contributed by atoms with E-state index < -0.39 is 5.60 Å². The lowest BCUT2D eigenvalue weighted by Gasteiger charge is -2.35. The third-order valence-electron chi connectivity index (χ3n) is 8.02. The third-order valence-corrected chi connectivity index (χ3v) is 8.02. The fourth-order valence-corrected chi connectivity index (χ4v) is 5.63. The Morgan fingerprint density at radius 3 is 2.45 bits per heavy atom. The van der Waals surface area contributed by atoms with Crippen LogP contribution in [-0.2, 0) is 16.1 Å². The maximum atomic E-state index is 13.4. The monoisotopic (exact) mass is 541 g/mol. The number of piperazine rings is 1. The van der Waals surface area contributed by atoms with E-state index in [9.17, 15) is 9.59 Å². The summed E-state index contributed by atoms with van der Waals surface area (Å²) in [7, 11) is 0. The first-order valence-electron chi connectivity index (χ1n) is 14.1. The number of carbonyl (C=O) groups excluding carboxylic acids is 2. The van der Waals surface area contributed by atoms with Crippen LogP contribution in [0.2, 0.25) is 0 Å². The van der Waals surface area contributed by atoms with E-state index in [1.54, 1.807) is 4.90 Å². The van der Waals surface area contributed by atoms with Gasteiger partial charge >= 0.3 is 6.09 Å². The fourth-order valence-electron chi connectivity index (χ4n) is 5.63. The molecule has 2 amide bonds. The fraction of sp³-hybridized carbons (Fsp3) is 0.469. The summed E-state index contributed by atoms with van der Waals surface area (Å²) < 4.78 is 5.52. The van der Waals surface area contributed by atoms with Crippen LogP contribution in [-0.4, -0.2) is 77.6 Å². The average Bonchev–Trinajstić information content (AvgIpc) is 3.29. The van der Waals surface area contributed by atoms with Crippen molar-refractivity contribution in [2.75, 3.05) is 39.3 Å². The maximum Gasteiger partial charge on any atom is 0.410 e. The number of nitrogens with zero attached hydrogens (tertiary/aromatic N) is 4. The Bertz CT molecular complexity index is 1320. The minimum absolute atomic E-state index is 0.00825. The highest BCUT2D eigenvalue weighted by Crippen LogP contribution is 2.39. The van der Waals surface area contributed by atoms with Crippen molar-refractivity contribution < 1.29 is 14.3 Å². The molecular formula is C32H39N5O3. The van der Waals surface area contributed by atoms with E-state index in [4.69, 9.17) is 10.00 Å². The van der Waals surface area contributed by atoms with Gasteiger partial charge in [0.2, 0.25) is 0 Å². The van der Waals surface area contributed by atoms with Crippen LogP contribution in [0.1, 0.15) is 45.2 Å². The molecule has 40 heavy (non-hydrogen) atoms. The molecule has 8 heteroatoms. The number of nitriles is 1. The molecule has 0 aromatic heterocycles. The van der Waals surface area contributed by atoms with Crippen LogP contribution in [0, 0.1) is 16.7 Å². The first kappa shape index (κ1) is 27.7. The van der Waals surface area contributed by atoms with Crippen molar-refractivity contribution in [2.45, 2.75) is 52.3 Å². The van der Waals surface area contributed by atoms with Crippen molar-refractivity contribution >= 4 is 12.0 Å². The lowest BCUT2D eigenvalue weighted by atomic mass is 9.78. The molecule has 2 atom stereocenters. The second kappa shape index (κ2) is 11.0. The number of amides is 2. The molecule has 4 aliphatic rings. The molecule has 3 heterocycles. The highest BCUT2D eigenvalue weighted by molar-refractivity contribution is 5.94. The number of rotatable bonds is 4. The molecule has 1 N–H and O–H groups in total. The second-order valence-corrected chi connectivity index (χ2v) is 12.3. The summed E-state index contributed by atoms with van der Waals surface area (Å²) in [5, 5.41) is 12.5. The van der Waals surface area contributed by atoms with Crippen LogP contribution in [0.4, 0.5) is 4.79 Å². The first-order valence-corrected chi connectivity index (χ1v) is 14.1. The van der Waals surface area contributed by atoms with Gasteiger partial charge in [0.15, 0.2) is 0 Å². The van der Waals surface area contributed by atoms with Gasteiger partial charge in [0.1, 0.15) is 5.60 Å². The SMILES string of the molecule is CC(C)(C)OC(=O)N1CC=C(C2=CC3NC(C(=O)N4CCN(Cc5ccc(C#N)cc5)CC4)=CC3(C)C=C2)CC1. The standard InChI is InChI=1S/C32H39N5O3/c1-31(2,3)40-30(39)37-13-10-25(11-14-37)26-9-12-32(4)20-27(34-28(32)19-26)29(38)36-17-15-35(16-18-36)22-24-7-5-23(21-33)6-8-24/h5-10,12,19-20,28,34H,11,13-18,22H2,1-4H3. The van der Waals surface area contributed by atoms with E-state index in [2.05, 4.69) is 53.6 Å². The van der Waals surface area contributed by atoms with Crippen molar-refractivity contribution in [2.24, 2.45) is 5.41 Å². The Labute approximate surface area is 237 Å². The van der Waals surface area contributed by atoms with E-state index in [-0.39, 0.29) is 23.5 Å². The number of ether oxygens (including phenoxy) is 1. The molecule has 1 aromatic rings. The van der Waals surface area contributed by atoms with E-state index in [0.717, 1.165) is 31.6 Å². The highest BCUT2D eigenvalue weighted by Gasteiger charge is 2.40. The number of carbonyl (C=O) groups is 2. The van der Waals surface area contributed by atoms with Crippen molar-refractivity contribution in [1.29, 1.82) is 5.26 Å². The Kier molecular flexibility index (Phi) is 7.61. The number of hydrogen-bond acceptors (Lipinski definition) is 6. The Hall–Kier alpha value is -3.83. The van der Waals surface area contributed by atoms with Gasteiger partial charge in [-0.15, -0.1) is 0 Å². The van der Waals surface area contributed by atoms with Gasteiger partial charge in [-0.3, -0.25) is 9.69 Å². The first-order chi connectivity index (χ1) is 19.0. The van der Waals surface area contributed by atoms with E-state index in [0.29, 0.717) is 37.4 Å². The molecule has 8 nitrogen and oxygen atoms in total. The van der Waals surface area contributed by atoms with Crippen molar-refractivity contribution in [3.8, 4) is 6.07 Å². The Morgan fingerprint density at radius 1 is 1.10 bits per heavy atom. The number of hydrogen-bond donors (Lipinski definition) is 1. The quantitative estimate of drug-likeness (QED) is 0.617. The highest BCUT2D eigenvalue weighted by atomic mass is 16.6. The average molecular weight is 542 g/mol. The van der Waals surface area contributed by atoms with Crippen molar-refractivity contribution in [3.63, 3.8) is 0 Å². The maximum absolute atomic E-state index is 13.4. The summed E-state index contributed by atoms with van der Waals surface area (Å²) in [5.41, 5.74) is 4.12. The minimum atomic E-state index is -0.504. The van der Waals surface area contributed by atoms with E-state index >= 15 is 0 Å². The van der Waals surface area contributed by atoms with Gasteiger partial charge < -0.3 is 19.9 Å². The molecule has 210 valence electrons. The zero-order chi connectivity index (χ0) is 28.5. The van der Waals surface area contributed by atoms with Gasteiger partial charge in [-0.05, 0) is 62.1 Å². The normalized spacial score (nSPS) is 24.8. The van der Waals surface area contributed by atoms with Crippen LogP contribution < -0.4 is 5.32 Å². The largest absolute Gasteiger partial charge is 0.444 e. The molecular weight excluding hydrogens is 502 g/mol. The molecule has 5 rings (SSSR count). The van der Waals surface area contributed by atoms with Gasteiger partial charge in [-0.1, -0.05) is 43.4 Å². The zero-order valence-electron chi connectivity index (χ0n) is 23.9. The molecule has 1 aromatic carbocycles. The van der Waals surface area contributed by atoms with Gasteiger partial charge in [-0.25, -0.2) is 4.79 Å². The minimum Gasteiger partial charge on any atom is -0.444 e. The topological polar surface area (TPSA) is 88.9 Å². The summed E-state index contributed by atoms with van der Waals surface area (Å²) in [6, 6.07) is 9.87. The smallest absolute Gasteiger partial charge is 0.410 e. The zero-order valence-corrected chi connectivity index (χ0v) is 23.9. The summed E-state index contributed by atoms with van der Waals surface area (Å²) in [5.74, 6) is 0.0573. The van der Waals surface area contributed by atoms with Gasteiger partial charge in [-0.2, -0.15) is 5.26 Å². The van der Waals surface area contributed by atoms with Crippen LogP contribution >= 0.6 is 0 Å². The predicted octanol–water partition coefficient (Wildman–Crippen LogP) is 4.13. The van der Waals surface area contributed by atoms with E-state index in [1.165, 1.54) is 11.1 Å². The Balaban J connectivity index is 1.15. The summed E-state index contributed by atoms with van der Waals surface area (Å²) in [6.07, 6.45) is 11.2. The molecule has 1 fully saturated rings. The molecule has 2 unspecified atom stereocenters. The van der Waals surface area contributed by atoms with Crippen LogP contribution in [0.3, 0.4) is 0 Å². The van der Waals surface area contributed by atoms with Crippen molar-refractivity contribution in [1.82, 2.24) is 20.0 Å². The molecule has 0 spiro atoms. The number of allylic oxidation sites excluding steroid dienone is 2. The molecule has 0 bridgehead atoms. The summed E-state index contributed by atoms with van der Waals surface area (Å²) >= 11 is 0. The van der Waals surface area contributed by atoms with Crippen LogP contribution in [0.25, 0.3) is 0 Å². The second-order valence-electron chi connectivity index (χ2n) is 12.3. The molecule has 1 aliphatic carbocycles. The van der Waals surface area contributed by atoms with Gasteiger partial charge in [0.25, 0.3) is 5.91 Å². The summed E-state index contributed by atoms with van der Waals surface area (Å²) in [4.78, 5) is 31.9. The predicted molar refractivity (Wildman–Crippen MR) is 154 cm³/mol. The van der Waals surface area contributed by atoms with Crippen molar-refractivity contribution in [3.05, 3.63) is 82.6 Å². The summed E-state index contributed by atoms with van der Waals surface area (Å²) in [6.45, 7) is 12.8. The lowest BCUT2D eigenvalue weighted by molar-refractivity contribution is -0.129. The number of fused-ring (bicyclic) bond motifs is 1. The molecule has 1 saturated heterocycles. The molecule has 0 radical (unpaired) electrons.